The maximum Gasteiger partial charge on any atom is 0.0857 e. The molecule has 1 saturated carbocycles. The Kier molecular flexibility index (Phi) is 4.00. The molecule has 0 spiro atoms. The summed E-state index contributed by atoms with van der Waals surface area (Å²) in [6, 6.07) is 0. The Morgan fingerprint density at radius 1 is 1.41 bits per heavy atom. The average molecular weight is 236 g/mol. The second-order valence-corrected chi connectivity index (χ2v) is 5.59. The lowest BCUT2D eigenvalue weighted by atomic mass is 9.59. The average Bonchev–Trinajstić information content (AvgIpc) is 2.31. The third-order valence-electron chi connectivity index (χ3n) is 4.37. The van der Waals surface area contributed by atoms with Gasteiger partial charge in [0, 0.05) is 0 Å². The predicted octanol–water partition coefficient (Wildman–Crippen LogP) is 2.83. The van der Waals surface area contributed by atoms with Crippen LogP contribution in [0.5, 0.6) is 0 Å². The van der Waals surface area contributed by atoms with Crippen LogP contribution >= 0.6 is 0 Å². The van der Waals surface area contributed by atoms with Gasteiger partial charge in [-0.3, -0.25) is 0 Å². The predicted molar refractivity (Wildman–Crippen MR) is 71.6 cm³/mol. The molecule has 2 N–H and O–H groups in total. The van der Waals surface area contributed by atoms with Gasteiger partial charge in [-0.05, 0) is 48.7 Å². The summed E-state index contributed by atoms with van der Waals surface area (Å²) in [6.45, 7) is 15.6. The van der Waals surface area contributed by atoms with Crippen molar-refractivity contribution in [2.45, 2.75) is 38.7 Å². The maximum atomic E-state index is 10.5. The van der Waals surface area contributed by atoms with Crippen molar-refractivity contribution >= 4 is 0 Å². The first kappa shape index (κ1) is 14.2. The summed E-state index contributed by atoms with van der Waals surface area (Å²) in [5.41, 5.74) is 0.637. The van der Waals surface area contributed by atoms with Gasteiger partial charge in [0.25, 0.3) is 0 Å². The first-order valence-corrected chi connectivity index (χ1v) is 6.09. The first-order chi connectivity index (χ1) is 7.79. The van der Waals surface area contributed by atoms with E-state index in [0.717, 1.165) is 17.6 Å². The highest BCUT2D eigenvalue weighted by Crippen LogP contribution is 2.50. The molecule has 0 unspecified atom stereocenters. The number of aliphatic hydroxyl groups is 2. The van der Waals surface area contributed by atoms with Crippen molar-refractivity contribution in [3.05, 3.63) is 37.0 Å². The fourth-order valence-corrected chi connectivity index (χ4v) is 2.68. The molecule has 96 valence electrons. The molecular weight excluding hydrogens is 212 g/mol. The third kappa shape index (κ3) is 2.53. The highest BCUT2D eigenvalue weighted by Gasteiger charge is 2.45. The number of allylic oxidation sites excluding steroid dienone is 1. The van der Waals surface area contributed by atoms with Crippen LogP contribution in [0, 0.1) is 11.3 Å². The third-order valence-corrected chi connectivity index (χ3v) is 4.37. The Hall–Kier alpha value is -0.860. The van der Waals surface area contributed by atoms with Crippen molar-refractivity contribution in [3.63, 3.8) is 0 Å². The summed E-state index contributed by atoms with van der Waals surface area (Å²) >= 11 is 0. The molecule has 1 aliphatic rings. The second-order valence-electron chi connectivity index (χ2n) is 5.59. The van der Waals surface area contributed by atoms with Gasteiger partial charge in [0.05, 0.1) is 12.2 Å². The van der Waals surface area contributed by atoms with Crippen molar-refractivity contribution < 1.29 is 10.2 Å². The smallest absolute Gasteiger partial charge is 0.0857 e. The van der Waals surface area contributed by atoms with Crippen molar-refractivity contribution in [1.29, 1.82) is 0 Å². The topological polar surface area (TPSA) is 40.5 Å². The van der Waals surface area contributed by atoms with E-state index < -0.39 is 5.60 Å². The highest BCUT2D eigenvalue weighted by molar-refractivity contribution is 5.21. The summed E-state index contributed by atoms with van der Waals surface area (Å²) in [5, 5.41) is 19.8. The van der Waals surface area contributed by atoms with Crippen LogP contribution < -0.4 is 0 Å². The largest absolute Gasteiger partial charge is 0.392 e. The zero-order valence-corrected chi connectivity index (χ0v) is 11.0. The lowest BCUT2D eigenvalue weighted by Gasteiger charge is -2.47. The minimum atomic E-state index is -0.828. The number of hydrogen-bond donors (Lipinski definition) is 2. The van der Waals surface area contributed by atoms with Gasteiger partial charge in [0.1, 0.15) is 0 Å². The maximum absolute atomic E-state index is 10.5. The molecule has 0 saturated heterocycles. The van der Waals surface area contributed by atoms with Gasteiger partial charge in [0.15, 0.2) is 0 Å². The Labute approximate surface area is 104 Å². The quantitative estimate of drug-likeness (QED) is 0.737. The normalized spacial score (nSPS) is 37.5. The van der Waals surface area contributed by atoms with Crippen LogP contribution in [0.15, 0.2) is 37.0 Å². The van der Waals surface area contributed by atoms with Gasteiger partial charge < -0.3 is 10.2 Å². The van der Waals surface area contributed by atoms with E-state index in [0.29, 0.717) is 12.8 Å². The zero-order valence-electron chi connectivity index (χ0n) is 11.0. The SMILES string of the molecule is C=C[C@]1(C)CC[C@@](O)(C(=C)C)C[C@H]1C(=C)CO. The molecule has 0 bridgehead atoms. The standard InChI is InChI=1S/C15H24O2/c1-6-14(5)7-8-15(17,11(2)3)9-13(14)12(4)10-16/h6,13,16-17H,1-2,4,7-10H2,3,5H3/t13-,14+,15-/m0/s1. The fraction of sp³-hybridized carbons (Fsp3) is 0.600. The van der Waals surface area contributed by atoms with E-state index >= 15 is 0 Å². The minimum absolute atomic E-state index is 0.0413. The van der Waals surface area contributed by atoms with Gasteiger partial charge in [-0.1, -0.05) is 26.2 Å². The van der Waals surface area contributed by atoms with Gasteiger partial charge in [0.2, 0.25) is 0 Å². The molecule has 3 atom stereocenters. The lowest BCUT2D eigenvalue weighted by Crippen LogP contribution is -2.44. The first-order valence-electron chi connectivity index (χ1n) is 6.09. The Morgan fingerprint density at radius 3 is 2.41 bits per heavy atom. The summed E-state index contributed by atoms with van der Waals surface area (Å²) in [5.74, 6) is 0.0560. The molecule has 0 amide bonds. The lowest BCUT2D eigenvalue weighted by molar-refractivity contribution is -0.0140. The summed E-state index contributed by atoms with van der Waals surface area (Å²) in [4.78, 5) is 0. The molecule has 0 heterocycles. The molecule has 0 radical (unpaired) electrons. The van der Waals surface area contributed by atoms with Crippen LogP contribution in [-0.2, 0) is 0 Å². The van der Waals surface area contributed by atoms with E-state index in [9.17, 15) is 10.2 Å². The number of hydrogen-bond acceptors (Lipinski definition) is 2. The van der Waals surface area contributed by atoms with Crippen molar-refractivity contribution in [3.8, 4) is 0 Å². The van der Waals surface area contributed by atoms with Crippen LogP contribution in [0.4, 0.5) is 0 Å². The molecule has 1 rings (SSSR count). The van der Waals surface area contributed by atoms with Crippen LogP contribution in [0.25, 0.3) is 0 Å². The van der Waals surface area contributed by atoms with Crippen molar-refractivity contribution in [1.82, 2.24) is 0 Å². The van der Waals surface area contributed by atoms with Gasteiger partial charge >= 0.3 is 0 Å². The van der Waals surface area contributed by atoms with Crippen LogP contribution in [0.2, 0.25) is 0 Å². The molecule has 17 heavy (non-hydrogen) atoms. The van der Waals surface area contributed by atoms with E-state index in [2.05, 4.69) is 26.7 Å². The van der Waals surface area contributed by atoms with E-state index in [4.69, 9.17) is 0 Å². The summed E-state index contributed by atoms with van der Waals surface area (Å²) < 4.78 is 0. The van der Waals surface area contributed by atoms with Gasteiger partial charge in [-0.2, -0.15) is 0 Å². The monoisotopic (exact) mass is 236 g/mol. The number of aliphatic hydroxyl groups excluding tert-OH is 1. The van der Waals surface area contributed by atoms with Crippen molar-refractivity contribution in [2.24, 2.45) is 11.3 Å². The van der Waals surface area contributed by atoms with Crippen LogP contribution in [-0.4, -0.2) is 22.4 Å². The minimum Gasteiger partial charge on any atom is -0.392 e. The molecule has 0 aliphatic heterocycles. The Morgan fingerprint density at radius 2 is 2.00 bits per heavy atom. The van der Waals surface area contributed by atoms with Crippen LogP contribution in [0.3, 0.4) is 0 Å². The molecule has 0 aromatic rings. The molecule has 1 aliphatic carbocycles. The molecule has 2 heteroatoms. The molecule has 0 aromatic carbocycles. The fourth-order valence-electron chi connectivity index (χ4n) is 2.68. The van der Waals surface area contributed by atoms with Crippen LogP contribution in [0.1, 0.15) is 33.1 Å². The molecule has 0 aromatic heterocycles. The highest BCUT2D eigenvalue weighted by atomic mass is 16.3. The Bertz CT molecular complexity index is 345. The van der Waals surface area contributed by atoms with E-state index in [1.165, 1.54) is 0 Å². The summed E-state index contributed by atoms with van der Waals surface area (Å²) in [7, 11) is 0. The Balaban J connectivity index is 3.04. The van der Waals surface area contributed by atoms with Gasteiger partial charge in [-0.15, -0.1) is 6.58 Å². The number of rotatable bonds is 4. The molecule has 1 fully saturated rings. The van der Waals surface area contributed by atoms with E-state index in [-0.39, 0.29) is 17.9 Å². The van der Waals surface area contributed by atoms with E-state index in [1.807, 2.05) is 13.0 Å². The second kappa shape index (κ2) is 4.79. The van der Waals surface area contributed by atoms with Crippen molar-refractivity contribution in [2.75, 3.05) is 6.61 Å². The van der Waals surface area contributed by atoms with Gasteiger partial charge in [-0.25, -0.2) is 0 Å². The van der Waals surface area contributed by atoms with E-state index in [1.54, 1.807) is 0 Å². The molecule has 2 nitrogen and oxygen atoms in total. The molecular formula is C15H24O2. The zero-order chi connectivity index (χ0) is 13.3. The summed E-state index contributed by atoms with van der Waals surface area (Å²) in [6.07, 6.45) is 4.03.